The third kappa shape index (κ3) is 4.60. The average molecular weight is 432 g/mol. The summed E-state index contributed by atoms with van der Waals surface area (Å²) >= 11 is 0. The first-order chi connectivity index (χ1) is 14.9. The number of nitrogens with one attached hydrogen (secondary N) is 2. The minimum absolute atomic E-state index is 0.00909. The predicted molar refractivity (Wildman–Crippen MR) is 110 cm³/mol. The van der Waals surface area contributed by atoms with Gasteiger partial charge in [0.2, 0.25) is 0 Å². The van der Waals surface area contributed by atoms with Gasteiger partial charge < -0.3 is 15.4 Å². The molecule has 1 fully saturated rings. The van der Waals surface area contributed by atoms with Crippen LogP contribution in [-0.2, 0) is 0 Å². The lowest BCUT2D eigenvalue weighted by atomic mass is 9.91. The Morgan fingerprint density at radius 2 is 1.90 bits per heavy atom. The number of halogens is 3. The number of hydrogen-bond donors (Lipinski definition) is 2. The summed E-state index contributed by atoms with van der Waals surface area (Å²) in [7, 11) is 1.37. The number of carbonyl (C=O) groups is 1. The van der Waals surface area contributed by atoms with Crippen molar-refractivity contribution < 1.29 is 22.7 Å². The number of anilines is 1. The molecule has 31 heavy (non-hydrogen) atoms. The van der Waals surface area contributed by atoms with E-state index in [-0.39, 0.29) is 35.0 Å². The van der Waals surface area contributed by atoms with Gasteiger partial charge in [-0.1, -0.05) is 6.07 Å². The van der Waals surface area contributed by atoms with Gasteiger partial charge in [0, 0.05) is 23.8 Å². The molecule has 0 saturated heterocycles. The molecule has 0 spiro atoms. The number of methoxy groups -OCH3 is 1. The van der Waals surface area contributed by atoms with Crippen LogP contribution >= 0.6 is 0 Å². The number of rotatable bonds is 6. The van der Waals surface area contributed by atoms with Gasteiger partial charge in [0.15, 0.2) is 11.6 Å². The van der Waals surface area contributed by atoms with Crippen LogP contribution in [0, 0.1) is 5.82 Å². The highest BCUT2D eigenvalue weighted by molar-refractivity contribution is 5.94. The second-order valence-corrected chi connectivity index (χ2v) is 7.62. The summed E-state index contributed by atoms with van der Waals surface area (Å²) in [5.74, 6) is -0.0952. The van der Waals surface area contributed by atoms with Crippen LogP contribution in [-0.4, -0.2) is 34.5 Å². The summed E-state index contributed by atoms with van der Waals surface area (Å²) in [6.07, 6.45) is 1.84. The van der Waals surface area contributed by atoms with Crippen molar-refractivity contribution in [2.45, 2.75) is 44.2 Å². The Hall–Kier alpha value is -3.23. The molecule has 1 aliphatic carbocycles. The van der Waals surface area contributed by atoms with Crippen LogP contribution in [0.5, 0.6) is 5.75 Å². The molecule has 2 aromatic heterocycles. The highest BCUT2D eigenvalue weighted by atomic mass is 19.3. The lowest BCUT2D eigenvalue weighted by Crippen LogP contribution is -2.40. The topological polar surface area (TPSA) is 67.7 Å². The molecule has 6 nitrogen and oxygen atoms in total. The van der Waals surface area contributed by atoms with Crippen LogP contribution in [0.4, 0.5) is 19.0 Å². The molecule has 1 amide bonds. The number of amides is 1. The maximum absolute atomic E-state index is 13.8. The highest BCUT2D eigenvalue weighted by Crippen LogP contribution is 2.25. The number of aromatic nitrogens is 2. The molecule has 1 saturated carbocycles. The van der Waals surface area contributed by atoms with Crippen LogP contribution in [0.2, 0.25) is 0 Å². The highest BCUT2D eigenvalue weighted by Gasteiger charge is 2.24. The number of imidazole rings is 1. The quantitative estimate of drug-likeness (QED) is 0.599. The number of carbonyl (C=O) groups excluding carboxylic acids is 1. The summed E-state index contributed by atoms with van der Waals surface area (Å²) < 4.78 is 46.3. The summed E-state index contributed by atoms with van der Waals surface area (Å²) in [5.41, 5.74) is 0.462. The third-order valence-corrected chi connectivity index (χ3v) is 5.56. The van der Waals surface area contributed by atoms with E-state index in [9.17, 15) is 18.0 Å². The van der Waals surface area contributed by atoms with Crippen molar-refractivity contribution in [1.82, 2.24) is 14.7 Å². The summed E-state index contributed by atoms with van der Waals surface area (Å²) in [4.78, 5) is 16.4. The fourth-order valence-electron chi connectivity index (χ4n) is 3.92. The minimum atomic E-state index is -2.62. The molecule has 164 valence electrons. The van der Waals surface area contributed by atoms with E-state index in [0.29, 0.717) is 11.5 Å². The largest absolute Gasteiger partial charge is 0.494 e. The molecule has 2 heterocycles. The van der Waals surface area contributed by atoms with E-state index in [4.69, 9.17) is 4.74 Å². The lowest BCUT2D eigenvalue weighted by molar-refractivity contribution is 0.0926. The van der Waals surface area contributed by atoms with Crippen molar-refractivity contribution in [3.05, 3.63) is 59.7 Å². The second-order valence-electron chi connectivity index (χ2n) is 7.62. The van der Waals surface area contributed by atoms with E-state index in [1.165, 1.54) is 31.5 Å². The Morgan fingerprint density at radius 3 is 2.58 bits per heavy atom. The van der Waals surface area contributed by atoms with E-state index in [1.807, 2.05) is 6.07 Å². The van der Waals surface area contributed by atoms with E-state index in [2.05, 4.69) is 15.6 Å². The fraction of sp³-hybridized carbons (Fsp3) is 0.364. The smallest absolute Gasteiger partial charge is 0.281 e. The van der Waals surface area contributed by atoms with Crippen molar-refractivity contribution in [3.63, 3.8) is 0 Å². The molecule has 2 N–H and O–H groups in total. The van der Waals surface area contributed by atoms with E-state index < -0.39 is 12.2 Å². The third-order valence-electron chi connectivity index (χ3n) is 5.56. The molecule has 0 bridgehead atoms. The summed E-state index contributed by atoms with van der Waals surface area (Å²) in [5, 5.41) is 6.36. The molecule has 9 heteroatoms. The zero-order chi connectivity index (χ0) is 22.0. The predicted octanol–water partition coefficient (Wildman–Crippen LogP) is 4.57. The molecule has 4 rings (SSSR count). The van der Waals surface area contributed by atoms with Crippen molar-refractivity contribution >= 4 is 17.4 Å². The number of fused-ring (bicyclic) bond motifs is 1. The van der Waals surface area contributed by atoms with Gasteiger partial charge in [-0.25, -0.2) is 18.2 Å². The number of benzene rings is 1. The van der Waals surface area contributed by atoms with Crippen molar-refractivity contribution in [2.75, 3.05) is 12.4 Å². The van der Waals surface area contributed by atoms with Crippen LogP contribution in [0.15, 0.2) is 42.6 Å². The minimum Gasteiger partial charge on any atom is -0.494 e. The number of nitrogens with zero attached hydrogens (tertiary/aromatic N) is 2. The fourth-order valence-corrected chi connectivity index (χ4v) is 3.92. The van der Waals surface area contributed by atoms with Gasteiger partial charge in [-0.2, -0.15) is 0 Å². The average Bonchev–Trinajstić information content (AvgIpc) is 3.21. The lowest BCUT2D eigenvalue weighted by Gasteiger charge is -2.30. The summed E-state index contributed by atoms with van der Waals surface area (Å²) in [6, 6.07) is 9.56. The van der Waals surface area contributed by atoms with Crippen LogP contribution < -0.4 is 15.4 Å². The van der Waals surface area contributed by atoms with E-state index in [0.717, 1.165) is 25.7 Å². The molecule has 0 unspecified atom stereocenters. The van der Waals surface area contributed by atoms with Crippen molar-refractivity contribution in [3.8, 4) is 5.75 Å². The maximum Gasteiger partial charge on any atom is 0.281 e. The van der Waals surface area contributed by atoms with Gasteiger partial charge in [0.25, 0.3) is 12.3 Å². The Kier molecular flexibility index (Phi) is 6.01. The standard InChI is InChI=1S/C22H23F3N4O2/c1-31-18-10-5-13(11-16(18)23)22(30)27-15-8-6-14(7-9-15)26-19-3-2-4-20-28-17(21(24)25)12-29(19)20/h2-5,10-12,14-15,21,26H,6-9H2,1H3,(H,27,30). The molecule has 1 aromatic carbocycles. The van der Waals surface area contributed by atoms with E-state index in [1.54, 1.807) is 16.5 Å². The number of alkyl halides is 2. The molecule has 1 aliphatic rings. The van der Waals surface area contributed by atoms with Gasteiger partial charge in [-0.05, 0) is 56.0 Å². The number of hydrogen-bond acceptors (Lipinski definition) is 4. The summed E-state index contributed by atoms with van der Waals surface area (Å²) in [6.45, 7) is 0. The van der Waals surface area contributed by atoms with Crippen LogP contribution in [0.25, 0.3) is 5.65 Å². The molecule has 0 atom stereocenters. The molecular weight excluding hydrogens is 409 g/mol. The van der Waals surface area contributed by atoms with Gasteiger partial charge in [-0.15, -0.1) is 0 Å². The number of ether oxygens (including phenoxy) is 1. The first-order valence-corrected chi connectivity index (χ1v) is 10.1. The second kappa shape index (κ2) is 8.87. The van der Waals surface area contributed by atoms with Crippen LogP contribution in [0.3, 0.4) is 0 Å². The molecule has 0 radical (unpaired) electrons. The van der Waals surface area contributed by atoms with Gasteiger partial charge in [-0.3, -0.25) is 9.20 Å². The first-order valence-electron chi connectivity index (χ1n) is 10.1. The SMILES string of the molecule is COc1ccc(C(=O)NC2CCC(Nc3cccc4nc(C(F)F)cn34)CC2)cc1F. The zero-order valence-corrected chi connectivity index (χ0v) is 16.9. The van der Waals surface area contributed by atoms with E-state index >= 15 is 0 Å². The first kappa shape index (κ1) is 21.0. The Morgan fingerprint density at radius 1 is 1.16 bits per heavy atom. The molecule has 3 aromatic rings. The number of pyridine rings is 1. The monoisotopic (exact) mass is 432 g/mol. The van der Waals surface area contributed by atoms with Gasteiger partial charge in [0.1, 0.15) is 17.2 Å². The molecule has 0 aliphatic heterocycles. The van der Waals surface area contributed by atoms with Gasteiger partial charge >= 0.3 is 0 Å². The van der Waals surface area contributed by atoms with Gasteiger partial charge in [0.05, 0.1) is 7.11 Å². The van der Waals surface area contributed by atoms with Crippen LogP contribution in [0.1, 0.15) is 48.2 Å². The Balaban J connectivity index is 1.34. The maximum atomic E-state index is 13.8. The van der Waals surface area contributed by atoms with Crippen molar-refractivity contribution in [2.24, 2.45) is 0 Å². The Labute approximate surface area is 177 Å². The normalized spacial score (nSPS) is 18.9. The molecular formula is C22H23F3N4O2. The Bertz CT molecular complexity index is 1080. The van der Waals surface area contributed by atoms with Crippen molar-refractivity contribution in [1.29, 1.82) is 0 Å². The zero-order valence-electron chi connectivity index (χ0n) is 16.9.